The van der Waals surface area contributed by atoms with Gasteiger partial charge < -0.3 is 10.1 Å². The second kappa shape index (κ2) is 5.94. The van der Waals surface area contributed by atoms with Crippen molar-refractivity contribution >= 4 is 5.95 Å². The number of fused-ring (bicyclic) bond motifs is 1. The van der Waals surface area contributed by atoms with Crippen molar-refractivity contribution in [1.82, 2.24) is 14.8 Å². The fourth-order valence-electron chi connectivity index (χ4n) is 2.64. The minimum absolute atomic E-state index is 0.697. The Hall–Kier alpha value is -2.04. The summed E-state index contributed by atoms with van der Waals surface area (Å²) in [6, 6.07) is 8.03. The molecule has 0 fully saturated rings. The first-order valence-electron chi connectivity index (χ1n) is 7.16. The third-order valence-corrected chi connectivity index (χ3v) is 3.74. The van der Waals surface area contributed by atoms with Gasteiger partial charge in [-0.2, -0.15) is 0 Å². The molecule has 1 aromatic carbocycles. The maximum absolute atomic E-state index is 5.37. The zero-order valence-electron chi connectivity index (χ0n) is 11.8. The lowest BCUT2D eigenvalue weighted by atomic mass is 10.2. The number of benzene rings is 1. The summed E-state index contributed by atoms with van der Waals surface area (Å²) < 4.78 is 7.58. The highest BCUT2D eigenvalue weighted by atomic mass is 16.5. The van der Waals surface area contributed by atoms with E-state index in [0.29, 0.717) is 6.54 Å². The van der Waals surface area contributed by atoms with Gasteiger partial charge in [0, 0.05) is 25.1 Å². The van der Waals surface area contributed by atoms with Crippen molar-refractivity contribution in [3.8, 4) is 5.75 Å². The van der Waals surface area contributed by atoms with Crippen LogP contribution in [0, 0.1) is 0 Å². The van der Waals surface area contributed by atoms with Crippen LogP contribution in [0.3, 0.4) is 0 Å². The number of hydrogen-bond acceptors (Lipinski definition) is 4. The second-order valence-corrected chi connectivity index (χ2v) is 5.07. The third-order valence-electron chi connectivity index (χ3n) is 3.74. The predicted molar refractivity (Wildman–Crippen MR) is 77.9 cm³/mol. The highest BCUT2D eigenvalue weighted by molar-refractivity contribution is 5.37. The van der Waals surface area contributed by atoms with Gasteiger partial charge in [0.25, 0.3) is 0 Å². The van der Waals surface area contributed by atoms with E-state index < -0.39 is 0 Å². The Morgan fingerprint density at radius 3 is 3.00 bits per heavy atom. The molecular formula is C15H20N4O. The lowest BCUT2D eigenvalue weighted by Gasteiger charge is -2.11. The van der Waals surface area contributed by atoms with E-state index in [0.717, 1.165) is 36.1 Å². The molecule has 3 rings (SSSR count). The van der Waals surface area contributed by atoms with Gasteiger partial charge in [0.1, 0.15) is 11.6 Å². The van der Waals surface area contributed by atoms with E-state index in [1.807, 2.05) is 18.2 Å². The molecule has 1 N–H and O–H groups in total. The van der Waals surface area contributed by atoms with E-state index in [1.54, 1.807) is 7.11 Å². The standard InChI is InChI=1S/C15H20N4O/c1-20-13-8-5-4-7-12(13)11-16-15-18-17-14-9-3-2-6-10-19(14)15/h4-5,7-8H,2-3,6,9-11H2,1H3,(H,16,18). The van der Waals surface area contributed by atoms with Gasteiger partial charge in [-0.3, -0.25) is 4.57 Å². The fourth-order valence-corrected chi connectivity index (χ4v) is 2.64. The summed E-state index contributed by atoms with van der Waals surface area (Å²) in [5.41, 5.74) is 1.13. The summed E-state index contributed by atoms with van der Waals surface area (Å²) in [5, 5.41) is 11.9. The molecule has 5 nitrogen and oxygen atoms in total. The van der Waals surface area contributed by atoms with Crippen molar-refractivity contribution in [3.05, 3.63) is 35.7 Å². The van der Waals surface area contributed by atoms with Gasteiger partial charge >= 0.3 is 0 Å². The third kappa shape index (κ3) is 2.61. The van der Waals surface area contributed by atoms with Gasteiger partial charge in [-0.1, -0.05) is 24.6 Å². The molecular weight excluding hydrogens is 252 g/mol. The quantitative estimate of drug-likeness (QED) is 0.929. The number of aryl methyl sites for hydroxylation is 1. The zero-order valence-corrected chi connectivity index (χ0v) is 11.8. The Labute approximate surface area is 119 Å². The summed E-state index contributed by atoms with van der Waals surface area (Å²) >= 11 is 0. The number of rotatable bonds is 4. The molecule has 0 radical (unpaired) electrons. The first-order chi connectivity index (χ1) is 9.88. The van der Waals surface area contributed by atoms with Crippen molar-refractivity contribution in [2.24, 2.45) is 0 Å². The van der Waals surface area contributed by atoms with Gasteiger partial charge in [0.15, 0.2) is 0 Å². The highest BCUT2D eigenvalue weighted by Gasteiger charge is 2.14. The topological polar surface area (TPSA) is 52.0 Å². The van der Waals surface area contributed by atoms with Gasteiger partial charge in [-0.25, -0.2) is 0 Å². The lowest BCUT2D eigenvalue weighted by molar-refractivity contribution is 0.410. The summed E-state index contributed by atoms with van der Waals surface area (Å²) in [6.45, 7) is 1.71. The van der Waals surface area contributed by atoms with Crippen molar-refractivity contribution in [2.45, 2.75) is 38.8 Å². The van der Waals surface area contributed by atoms with E-state index >= 15 is 0 Å². The van der Waals surface area contributed by atoms with E-state index in [9.17, 15) is 0 Å². The molecule has 2 heterocycles. The van der Waals surface area contributed by atoms with Crippen LogP contribution in [0.25, 0.3) is 0 Å². The fraction of sp³-hybridized carbons (Fsp3) is 0.467. The van der Waals surface area contributed by atoms with Crippen LogP contribution in [-0.4, -0.2) is 21.9 Å². The maximum atomic E-state index is 5.37. The summed E-state index contributed by atoms with van der Waals surface area (Å²) in [4.78, 5) is 0. The Kier molecular flexibility index (Phi) is 3.85. The van der Waals surface area contributed by atoms with E-state index in [4.69, 9.17) is 4.74 Å². The van der Waals surface area contributed by atoms with Crippen LogP contribution in [0.2, 0.25) is 0 Å². The second-order valence-electron chi connectivity index (χ2n) is 5.07. The van der Waals surface area contributed by atoms with Crippen LogP contribution >= 0.6 is 0 Å². The molecule has 1 aliphatic rings. The molecule has 0 amide bonds. The van der Waals surface area contributed by atoms with Crippen LogP contribution < -0.4 is 10.1 Å². The number of nitrogens with one attached hydrogen (secondary N) is 1. The number of aromatic nitrogens is 3. The van der Waals surface area contributed by atoms with E-state index in [-0.39, 0.29) is 0 Å². The molecule has 1 aliphatic heterocycles. The Morgan fingerprint density at radius 2 is 2.10 bits per heavy atom. The minimum atomic E-state index is 0.697. The van der Waals surface area contributed by atoms with Crippen LogP contribution in [0.1, 0.15) is 30.7 Å². The molecule has 0 unspecified atom stereocenters. The van der Waals surface area contributed by atoms with Gasteiger partial charge in [0.2, 0.25) is 5.95 Å². The maximum Gasteiger partial charge on any atom is 0.224 e. The molecule has 20 heavy (non-hydrogen) atoms. The SMILES string of the molecule is COc1ccccc1CNc1nnc2n1CCCCC2. The van der Waals surface area contributed by atoms with Crippen LogP contribution in [0.15, 0.2) is 24.3 Å². The van der Waals surface area contributed by atoms with Crippen LogP contribution in [-0.2, 0) is 19.5 Å². The zero-order chi connectivity index (χ0) is 13.8. The number of methoxy groups -OCH3 is 1. The normalized spacial score (nSPS) is 14.4. The van der Waals surface area contributed by atoms with Crippen LogP contribution in [0.4, 0.5) is 5.95 Å². The number of hydrogen-bond donors (Lipinski definition) is 1. The van der Waals surface area contributed by atoms with Crippen molar-refractivity contribution in [2.75, 3.05) is 12.4 Å². The first-order valence-corrected chi connectivity index (χ1v) is 7.16. The molecule has 0 aliphatic carbocycles. The lowest BCUT2D eigenvalue weighted by Crippen LogP contribution is -2.09. The molecule has 106 valence electrons. The van der Waals surface area contributed by atoms with Crippen molar-refractivity contribution in [1.29, 1.82) is 0 Å². The molecule has 0 saturated heterocycles. The van der Waals surface area contributed by atoms with E-state index in [1.165, 1.54) is 19.3 Å². The smallest absolute Gasteiger partial charge is 0.224 e. The Bertz CT molecular complexity index is 579. The molecule has 1 aromatic heterocycles. The number of nitrogens with zero attached hydrogens (tertiary/aromatic N) is 3. The molecule has 0 atom stereocenters. The molecule has 0 spiro atoms. The van der Waals surface area contributed by atoms with Gasteiger partial charge in [0.05, 0.1) is 7.11 Å². The average Bonchev–Trinajstić information content (AvgIpc) is 2.72. The molecule has 2 aromatic rings. The summed E-state index contributed by atoms with van der Waals surface area (Å²) in [6.07, 6.45) is 4.72. The largest absolute Gasteiger partial charge is 0.496 e. The monoisotopic (exact) mass is 272 g/mol. The Balaban J connectivity index is 1.74. The first kappa shape index (κ1) is 13.0. The number of ether oxygens (including phenoxy) is 1. The van der Waals surface area contributed by atoms with Gasteiger partial charge in [-0.15, -0.1) is 10.2 Å². The number of anilines is 1. The minimum Gasteiger partial charge on any atom is -0.496 e. The summed E-state index contributed by atoms with van der Waals surface area (Å²) in [5.74, 6) is 2.87. The van der Waals surface area contributed by atoms with Crippen molar-refractivity contribution in [3.63, 3.8) is 0 Å². The highest BCUT2D eigenvalue weighted by Crippen LogP contribution is 2.20. The molecule has 0 saturated carbocycles. The number of para-hydroxylation sites is 1. The van der Waals surface area contributed by atoms with E-state index in [2.05, 4.69) is 26.1 Å². The Morgan fingerprint density at radius 1 is 1.20 bits per heavy atom. The predicted octanol–water partition coefficient (Wildman–Crippen LogP) is 2.63. The van der Waals surface area contributed by atoms with Crippen LogP contribution in [0.5, 0.6) is 5.75 Å². The molecule has 0 bridgehead atoms. The van der Waals surface area contributed by atoms with Gasteiger partial charge in [-0.05, 0) is 18.9 Å². The molecule has 5 heteroatoms. The van der Waals surface area contributed by atoms with Crippen molar-refractivity contribution < 1.29 is 4.74 Å². The average molecular weight is 272 g/mol. The summed E-state index contributed by atoms with van der Waals surface area (Å²) in [7, 11) is 1.70.